The lowest BCUT2D eigenvalue weighted by Crippen LogP contribution is -2.26. The van der Waals surface area contributed by atoms with E-state index < -0.39 is 35.9 Å². The largest absolute Gasteiger partial charge is 0.395 e. The van der Waals surface area contributed by atoms with Crippen LogP contribution in [0.4, 0.5) is 23.2 Å². The lowest BCUT2D eigenvalue weighted by molar-refractivity contribution is -0.153. The third kappa shape index (κ3) is 5.11. The van der Waals surface area contributed by atoms with E-state index in [0.29, 0.717) is 10.4 Å². The second-order valence-corrected chi connectivity index (χ2v) is 8.27. The van der Waals surface area contributed by atoms with Crippen LogP contribution in [-0.4, -0.2) is 39.0 Å². The Balaban J connectivity index is 2.31. The van der Waals surface area contributed by atoms with Crippen LogP contribution >= 0.6 is 0 Å². The highest BCUT2D eigenvalue weighted by Crippen LogP contribution is 2.39. The highest BCUT2D eigenvalue weighted by atomic mass is 19.4. The van der Waals surface area contributed by atoms with Crippen LogP contribution in [0.5, 0.6) is 0 Å². The fraction of sp³-hybridized carbons (Fsp3) is 0.320. The first kappa shape index (κ1) is 26.9. The van der Waals surface area contributed by atoms with Crippen LogP contribution in [0.1, 0.15) is 41.2 Å². The Hall–Kier alpha value is -3.73. The molecule has 3 aromatic rings. The maximum absolute atomic E-state index is 15.0. The van der Waals surface area contributed by atoms with Gasteiger partial charge in [-0.15, -0.1) is 5.10 Å². The van der Waals surface area contributed by atoms with Crippen molar-refractivity contribution in [1.29, 1.82) is 0 Å². The van der Waals surface area contributed by atoms with E-state index in [1.165, 1.54) is 11.1 Å². The number of allylic oxidation sites excluding steroid dienone is 1. The van der Waals surface area contributed by atoms with Gasteiger partial charge in [0.05, 0.1) is 5.92 Å². The molecule has 1 atom stereocenters. The number of para-hydroxylation sites is 1. The van der Waals surface area contributed by atoms with Gasteiger partial charge in [0.1, 0.15) is 18.1 Å². The van der Waals surface area contributed by atoms with Crippen LogP contribution in [0.2, 0.25) is 0 Å². The van der Waals surface area contributed by atoms with Gasteiger partial charge < -0.3 is 10.0 Å². The first-order valence-electron chi connectivity index (χ1n) is 11.1. The van der Waals surface area contributed by atoms with E-state index >= 15 is 4.39 Å². The second-order valence-electron chi connectivity index (χ2n) is 8.27. The van der Waals surface area contributed by atoms with Crippen molar-refractivity contribution in [2.45, 2.75) is 40.1 Å². The predicted octanol–water partition coefficient (Wildman–Crippen LogP) is 4.48. The molecule has 1 heterocycles. The van der Waals surface area contributed by atoms with E-state index in [0.717, 1.165) is 29.2 Å². The van der Waals surface area contributed by atoms with Gasteiger partial charge in [-0.1, -0.05) is 18.2 Å². The highest BCUT2D eigenvalue weighted by Gasteiger charge is 2.40. The highest BCUT2D eigenvalue weighted by molar-refractivity contribution is 5.88. The molecule has 0 bridgehead atoms. The molecule has 0 aliphatic carbocycles. The Kier molecular flexibility index (Phi) is 7.83. The number of benzene rings is 2. The summed E-state index contributed by atoms with van der Waals surface area (Å²) in [4.78, 5) is 26.1. The third-order valence-electron chi connectivity index (χ3n) is 5.97. The van der Waals surface area contributed by atoms with E-state index in [1.54, 1.807) is 45.2 Å². The fourth-order valence-electron chi connectivity index (χ4n) is 3.94. The Morgan fingerprint density at radius 1 is 1.25 bits per heavy atom. The van der Waals surface area contributed by atoms with E-state index in [1.807, 2.05) is 0 Å². The minimum Gasteiger partial charge on any atom is -0.388 e. The minimum atomic E-state index is -4.68. The van der Waals surface area contributed by atoms with Gasteiger partial charge in [0, 0.05) is 31.0 Å². The molecule has 0 radical (unpaired) electrons. The summed E-state index contributed by atoms with van der Waals surface area (Å²) in [7, 11) is 1.57. The monoisotopic (exact) mass is 506 g/mol. The van der Waals surface area contributed by atoms with E-state index in [9.17, 15) is 27.9 Å². The molecule has 3 rings (SSSR count). The first-order chi connectivity index (χ1) is 16.9. The number of alkyl halides is 3. The van der Waals surface area contributed by atoms with Gasteiger partial charge in [0.2, 0.25) is 0 Å². The molecule has 1 aromatic heterocycles. The summed E-state index contributed by atoms with van der Waals surface area (Å²) in [5.41, 5.74) is -0.610. The number of hydrogen-bond donors (Lipinski definition) is 1. The molecule has 192 valence electrons. The lowest BCUT2D eigenvalue weighted by atomic mass is 9.90. The molecule has 2 aromatic carbocycles. The van der Waals surface area contributed by atoms with Crippen molar-refractivity contribution >= 4 is 17.5 Å². The summed E-state index contributed by atoms with van der Waals surface area (Å²) >= 11 is 0. The standard InChI is InChI=1S/C25H26F4N4O3/c1-5-32-23(14-35)30-33(24(32)36)22-11-18(17(13-34)10-20(22)26)19(16(3)25(27,28)29)12-31(4)21-9-7-6-8-15(21)2/h6-13,16,35H,5,14H2,1-4H3/b19-12-. The van der Waals surface area contributed by atoms with Gasteiger partial charge in [-0.2, -0.15) is 17.9 Å². The van der Waals surface area contributed by atoms with Crippen LogP contribution < -0.4 is 10.6 Å². The molecule has 7 nitrogen and oxygen atoms in total. The maximum Gasteiger partial charge on any atom is 0.395 e. The minimum absolute atomic E-state index is 0.0402. The summed E-state index contributed by atoms with van der Waals surface area (Å²) in [6, 6.07) is 8.84. The zero-order chi connectivity index (χ0) is 26.8. The van der Waals surface area contributed by atoms with Crippen molar-refractivity contribution in [3.05, 3.63) is 81.4 Å². The molecule has 0 spiro atoms. The summed E-state index contributed by atoms with van der Waals surface area (Å²) in [5, 5.41) is 13.4. The molecule has 0 saturated carbocycles. The number of halogens is 4. The van der Waals surface area contributed by atoms with Crippen LogP contribution in [-0.2, 0) is 13.2 Å². The zero-order valence-electron chi connectivity index (χ0n) is 20.2. The number of aromatic nitrogens is 3. The number of hydrogen-bond acceptors (Lipinski definition) is 5. The zero-order valence-corrected chi connectivity index (χ0v) is 20.2. The number of carbonyl (C=O) groups is 1. The molecular formula is C25H26F4N4O3. The molecule has 0 fully saturated rings. The Morgan fingerprint density at radius 2 is 1.92 bits per heavy atom. The van der Waals surface area contributed by atoms with Crippen molar-refractivity contribution in [2.24, 2.45) is 5.92 Å². The number of rotatable bonds is 8. The number of aldehydes is 1. The van der Waals surface area contributed by atoms with Crippen LogP contribution in [0.25, 0.3) is 11.3 Å². The average molecular weight is 507 g/mol. The number of aliphatic hydroxyl groups excluding tert-OH is 1. The molecule has 36 heavy (non-hydrogen) atoms. The van der Waals surface area contributed by atoms with E-state index in [-0.39, 0.29) is 35.4 Å². The van der Waals surface area contributed by atoms with Gasteiger partial charge in [-0.3, -0.25) is 9.36 Å². The van der Waals surface area contributed by atoms with Gasteiger partial charge >= 0.3 is 11.9 Å². The molecule has 11 heteroatoms. The molecule has 0 aliphatic heterocycles. The maximum atomic E-state index is 15.0. The van der Waals surface area contributed by atoms with Crippen LogP contribution in [0, 0.1) is 18.7 Å². The smallest absolute Gasteiger partial charge is 0.388 e. The first-order valence-corrected chi connectivity index (χ1v) is 11.1. The molecule has 1 N–H and O–H groups in total. The number of carbonyl (C=O) groups excluding carboxylic acids is 1. The predicted molar refractivity (Wildman–Crippen MR) is 128 cm³/mol. The van der Waals surface area contributed by atoms with Crippen molar-refractivity contribution in [3.8, 4) is 5.69 Å². The number of nitrogens with zero attached hydrogens (tertiary/aromatic N) is 4. The molecule has 0 saturated heterocycles. The van der Waals surface area contributed by atoms with Gasteiger partial charge in [-0.05, 0) is 55.7 Å². The van der Waals surface area contributed by atoms with Gasteiger partial charge in [0.25, 0.3) is 0 Å². The summed E-state index contributed by atoms with van der Waals surface area (Å²) in [6.45, 7) is 3.89. The Labute approximate surface area is 204 Å². The van der Waals surface area contributed by atoms with Crippen molar-refractivity contribution in [3.63, 3.8) is 0 Å². The van der Waals surface area contributed by atoms with Gasteiger partial charge in [-0.25, -0.2) is 9.18 Å². The molecule has 0 amide bonds. The molecule has 1 unspecified atom stereocenters. The van der Waals surface area contributed by atoms with Crippen LogP contribution in [0.15, 0.2) is 47.4 Å². The van der Waals surface area contributed by atoms with Gasteiger partial charge in [0.15, 0.2) is 12.1 Å². The number of aliphatic hydroxyl groups is 1. The van der Waals surface area contributed by atoms with E-state index in [4.69, 9.17) is 0 Å². The second kappa shape index (κ2) is 10.5. The van der Waals surface area contributed by atoms with E-state index in [2.05, 4.69) is 5.10 Å². The average Bonchev–Trinajstić information content (AvgIpc) is 3.16. The molecular weight excluding hydrogens is 480 g/mol. The topological polar surface area (TPSA) is 80.4 Å². The summed E-state index contributed by atoms with van der Waals surface area (Å²) in [6.07, 6.45) is -3.17. The summed E-state index contributed by atoms with van der Waals surface area (Å²) in [5.74, 6) is -3.11. The summed E-state index contributed by atoms with van der Waals surface area (Å²) < 4.78 is 58.6. The third-order valence-corrected chi connectivity index (χ3v) is 5.97. The number of aryl methyl sites for hydroxylation is 1. The fourth-order valence-corrected chi connectivity index (χ4v) is 3.94. The van der Waals surface area contributed by atoms with Crippen molar-refractivity contribution in [2.75, 3.05) is 11.9 Å². The number of anilines is 1. The van der Waals surface area contributed by atoms with Crippen molar-refractivity contribution in [1.82, 2.24) is 14.3 Å². The normalized spacial score (nSPS) is 13.1. The lowest BCUT2D eigenvalue weighted by Gasteiger charge is -2.25. The van der Waals surface area contributed by atoms with Crippen LogP contribution in [0.3, 0.4) is 0 Å². The van der Waals surface area contributed by atoms with Crippen molar-refractivity contribution < 1.29 is 27.5 Å². The molecule has 0 aliphatic rings. The Morgan fingerprint density at radius 3 is 2.44 bits per heavy atom. The quantitative estimate of drug-likeness (QED) is 0.360. The Bertz CT molecular complexity index is 1360. The SMILES string of the molecule is CCn1c(CO)nn(-c2cc(/C(=C\N(C)c3ccccc3C)C(C)C(F)(F)F)c(C=O)cc2F)c1=O.